The summed E-state index contributed by atoms with van der Waals surface area (Å²) in [5.41, 5.74) is 1.36. The van der Waals surface area contributed by atoms with Gasteiger partial charge >= 0.3 is 0 Å². The Labute approximate surface area is 108 Å². The van der Waals surface area contributed by atoms with E-state index in [9.17, 15) is 0 Å². The Kier molecular flexibility index (Phi) is 4.75. The van der Waals surface area contributed by atoms with Crippen molar-refractivity contribution in [2.24, 2.45) is 5.92 Å². The molecule has 0 amide bonds. The lowest BCUT2D eigenvalue weighted by molar-refractivity contribution is 0.325. The maximum Gasteiger partial charge on any atom is 0.122 e. The summed E-state index contributed by atoms with van der Waals surface area (Å²) in [4.78, 5) is 0. The summed E-state index contributed by atoms with van der Waals surface area (Å²) < 4.78 is 5.67. The monoisotopic (exact) mass is 251 g/mol. The average molecular weight is 251 g/mol. The van der Waals surface area contributed by atoms with Gasteiger partial charge in [-0.25, -0.2) is 0 Å². The molecule has 94 valence electrons. The lowest BCUT2D eigenvalue weighted by Gasteiger charge is -2.14. The summed E-state index contributed by atoms with van der Waals surface area (Å²) >= 11 is 1.92. The van der Waals surface area contributed by atoms with Crippen LogP contribution < -0.4 is 10.1 Å². The van der Waals surface area contributed by atoms with Crippen molar-refractivity contribution in [2.45, 2.75) is 12.8 Å². The van der Waals surface area contributed by atoms with Gasteiger partial charge in [0.2, 0.25) is 0 Å². The van der Waals surface area contributed by atoms with Crippen molar-refractivity contribution in [3.63, 3.8) is 0 Å². The van der Waals surface area contributed by atoms with Gasteiger partial charge in [0, 0.05) is 18.0 Å². The predicted molar refractivity (Wildman–Crippen MR) is 75.1 cm³/mol. The number of nitrogens with one attached hydrogen (secondary N) is 1. The summed E-state index contributed by atoms with van der Waals surface area (Å²) in [5, 5.41) is 3.56. The first-order valence-corrected chi connectivity index (χ1v) is 7.62. The zero-order valence-corrected chi connectivity index (χ0v) is 11.4. The third-order valence-electron chi connectivity index (χ3n) is 3.13. The first kappa shape index (κ1) is 12.8. The minimum atomic E-state index is 0.521. The molecular weight excluding hydrogens is 230 g/mol. The van der Waals surface area contributed by atoms with Crippen molar-refractivity contribution >= 4 is 11.8 Å². The molecule has 3 heteroatoms. The highest BCUT2D eigenvalue weighted by Crippen LogP contribution is 2.32. The van der Waals surface area contributed by atoms with E-state index in [0.717, 1.165) is 31.4 Å². The Morgan fingerprint density at radius 2 is 2.29 bits per heavy atom. The van der Waals surface area contributed by atoms with Gasteiger partial charge in [-0.2, -0.15) is 11.8 Å². The van der Waals surface area contributed by atoms with Gasteiger partial charge in [0.05, 0.1) is 6.61 Å². The van der Waals surface area contributed by atoms with Crippen molar-refractivity contribution in [3.05, 3.63) is 29.8 Å². The fourth-order valence-corrected chi connectivity index (χ4v) is 2.93. The maximum absolute atomic E-state index is 5.67. The molecule has 0 aromatic heterocycles. The Balaban J connectivity index is 1.78. The van der Waals surface area contributed by atoms with Crippen LogP contribution in [0.2, 0.25) is 0 Å². The quantitative estimate of drug-likeness (QED) is 0.840. The molecule has 0 radical (unpaired) electrons. The molecule has 0 spiro atoms. The number of ether oxygens (including phenoxy) is 1. The summed E-state index contributed by atoms with van der Waals surface area (Å²) in [6.45, 7) is 5.24. The van der Waals surface area contributed by atoms with Gasteiger partial charge in [0.25, 0.3) is 0 Å². The van der Waals surface area contributed by atoms with Gasteiger partial charge in [-0.15, -0.1) is 0 Å². The fourth-order valence-electron chi connectivity index (χ4n) is 2.25. The normalized spacial score (nSPS) is 19.8. The van der Waals surface area contributed by atoms with Crippen molar-refractivity contribution in [1.82, 2.24) is 5.32 Å². The van der Waals surface area contributed by atoms with E-state index in [1.54, 1.807) is 0 Å². The molecule has 0 fully saturated rings. The number of rotatable bonds is 6. The van der Waals surface area contributed by atoms with E-state index >= 15 is 0 Å². The Morgan fingerprint density at radius 1 is 1.47 bits per heavy atom. The molecule has 1 aromatic rings. The summed E-state index contributed by atoms with van der Waals surface area (Å²) in [5.74, 6) is 3.55. The van der Waals surface area contributed by atoms with Gasteiger partial charge in [-0.3, -0.25) is 0 Å². The highest BCUT2D eigenvalue weighted by Gasteiger charge is 2.22. The molecule has 2 atom stereocenters. The number of fused-ring (bicyclic) bond motifs is 1. The van der Waals surface area contributed by atoms with E-state index in [0.29, 0.717) is 5.92 Å². The fraction of sp³-hybridized carbons (Fsp3) is 0.571. The second-order valence-electron chi connectivity index (χ2n) is 4.76. The molecule has 17 heavy (non-hydrogen) atoms. The molecular formula is C14H21NOS. The van der Waals surface area contributed by atoms with Gasteiger partial charge in [0.1, 0.15) is 5.75 Å². The minimum Gasteiger partial charge on any atom is -0.493 e. The molecule has 1 heterocycles. The minimum absolute atomic E-state index is 0.521. The SMILES string of the molecule is CSCC(C)CNCC1COc2ccccc21. The largest absolute Gasteiger partial charge is 0.493 e. The van der Waals surface area contributed by atoms with E-state index < -0.39 is 0 Å². The van der Waals surface area contributed by atoms with Crippen LogP contribution in [0, 0.1) is 5.92 Å². The van der Waals surface area contributed by atoms with Crippen LogP contribution in [-0.2, 0) is 0 Å². The van der Waals surface area contributed by atoms with Gasteiger partial charge in [-0.05, 0) is 30.5 Å². The van der Waals surface area contributed by atoms with Crippen molar-refractivity contribution < 1.29 is 4.74 Å². The van der Waals surface area contributed by atoms with Crippen LogP contribution in [-0.4, -0.2) is 31.7 Å². The average Bonchev–Trinajstić information content (AvgIpc) is 2.73. The summed E-state index contributed by atoms with van der Waals surface area (Å²) in [7, 11) is 0. The lowest BCUT2D eigenvalue weighted by Crippen LogP contribution is -2.27. The van der Waals surface area contributed by atoms with E-state index in [2.05, 4.69) is 36.7 Å². The third kappa shape index (κ3) is 3.39. The topological polar surface area (TPSA) is 21.3 Å². The Hall–Kier alpha value is -0.670. The highest BCUT2D eigenvalue weighted by molar-refractivity contribution is 7.98. The molecule has 2 rings (SSSR count). The van der Waals surface area contributed by atoms with Gasteiger partial charge in [-0.1, -0.05) is 25.1 Å². The first-order chi connectivity index (χ1) is 8.31. The molecule has 1 aliphatic heterocycles. The smallest absolute Gasteiger partial charge is 0.122 e. The van der Waals surface area contributed by atoms with E-state index in [-0.39, 0.29) is 0 Å². The molecule has 2 unspecified atom stereocenters. The third-order valence-corrected chi connectivity index (χ3v) is 4.04. The maximum atomic E-state index is 5.67. The molecule has 1 aromatic carbocycles. The molecule has 2 nitrogen and oxygen atoms in total. The van der Waals surface area contributed by atoms with Crippen LogP contribution in [0.3, 0.4) is 0 Å². The number of hydrogen-bond donors (Lipinski definition) is 1. The number of benzene rings is 1. The van der Waals surface area contributed by atoms with Crippen molar-refractivity contribution in [2.75, 3.05) is 31.7 Å². The van der Waals surface area contributed by atoms with Crippen LogP contribution in [0.15, 0.2) is 24.3 Å². The number of hydrogen-bond acceptors (Lipinski definition) is 3. The number of para-hydroxylation sites is 1. The summed E-state index contributed by atoms with van der Waals surface area (Å²) in [6.07, 6.45) is 2.16. The zero-order chi connectivity index (χ0) is 12.1. The van der Waals surface area contributed by atoms with Crippen LogP contribution in [0.5, 0.6) is 5.75 Å². The van der Waals surface area contributed by atoms with E-state index in [1.165, 1.54) is 11.3 Å². The molecule has 0 aliphatic carbocycles. The highest BCUT2D eigenvalue weighted by atomic mass is 32.2. The standard InChI is InChI=1S/C14H21NOS/c1-11(10-17-2)7-15-8-12-9-16-14-6-4-3-5-13(12)14/h3-6,11-12,15H,7-10H2,1-2H3. The Morgan fingerprint density at radius 3 is 3.12 bits per heavy atom. The van der Waals surface area contributed by atoms with Crippen LogP contribution in [0.4, 0.5) is 0 Å². The molecule has 0 bridgehead atoms. The summed E-state index contributed by atoms with van der Waals surface area (Å²) in [6, 6.07) is 8.37. The van der Waals surface area contributed by atoms with Gasteiger partial charge in [0.15, 0.2) is 0 Å². The second kappa shape index (κ2) is 6.31. The van der Waals surface area contributed by atoms with Crippen LogP contribution in [0.1, 0.15) is 18.4 Å². The van der Waals surface area contributed by atoms with Crippen molar-refractivity contribution in [1.29, 1.82) is 0 Å². The van der Waals surface area contributed by atoms with Gasteiger partial charge < -0.3 is 10.1 Å². The van der Waals surface area contributed by atoms with E-state index in [4.69, 9.17) is 4.74 Å². The molecule has 0 saturated heterocycles. The van der Waals surface area contributed by atoms with Crippen LogP contribution in [0.25, 0.3) is 0 Å². The second-order valence-corrected chi connectivity index (χ2v) is 5.68. The predicted octanol–water partition coefficient (Wildman–Crippen LogP) is 2.75. The Bertz CT molecular complexity index is 356. The van der Waals surface area contributed by atoms with E-state index in [1.807, 2.05) is 17.8 Å². The lowest BCUT2D eigenvalue weighted by atomic mass is 10.0. The first-order valence-electron chi connectivity index (χ1n) is 6.22. The number of thioether (sulfide) groups is 1. The van der Waals surface area contributed by atoms with Crippen LogP contribution >= 0.6 is 11.8 Å². The van der Waals surface area contributed by atoms with Crippen molar-refractivity contribution in [3.8, 4) is 5.75 Å². The zero-order valence-electron chi connectivity index (χ0n) is 10.6. The molecule has 1 N–H and O–H groups in total. The molecule has 1 aliphatic rings. The molecule has 0 saturated carbocycles.